The lowest BCUT2D eigenvalue weighted by Crippen LogP contribution is -2.38. The van der Waals surface area contributed by atoms with Crippen LogP contribution >= 0.6 is 0 Å². The number of carbonyl (C=O) groups is 2. The van der Waals surface area contributed by atoms with Crippen molar-refractivity contribution < 1.29 is 28.6 Å². The Labute approximate surface area is 84.5 Å². The fourth-order valence-electron chi connectivity index (χ4n) is 1.02. The van der Waals surface area contributed by atoms with Crippen molar-refractivity contribution in [2.24, 2.45) is 5.41 Å². The van der Waals surface area contributed by atoms with Crippen molar-refractivity contribution in [1.29, 1.82) is 0 Å². The summed E-state index contributed by atoms with van der Waals surface area (Å²) in [7, 11) is 0. The minimum absolute atomic E-state index is 0.0553. The van der Waals surface area contributed by atoms with Gasteiger partial charge in [0.05, 0.1) is 12.7 Å². The number of hydrogen-bond donors (Lipinski definition) is 2. The van der Waals surface area contributed by atoms with E-state index < -0.39 is 30.2 Å². The largest absolute Gasteiger partial charge is 0.480 e. The van der Waals surface area contributed by atoms with Crippen LogP contribution in [0.2, 0.25) is 0 Å². The number of rotatable bonds is 6. The van der Waals surface area contributed by atoms with Crippen LogP contribution in [0.5, 0.6) is 0 Å². The van der Waals surface area contributed by atoms with E-state index >= 15 is 0 Å². The number of allylic oxidation sites excluding steroid dienone is 2. The Balaban J connectivity index is 5.06. The van der Waals surface area contributed by atoms with Gasteiger partial charge in [-0.15, -0.1) is 0 Å². The highest BCUT2D eigenvalue weighted by Gasteiger charge is 2.44. The lowest BCUT2D eigenvalue weighted by atomic mass is 9.81. The van der Waals surface area contributed by atoms with Crippen LogP contribution < -0.4 is 0 Å². The third-order valence-electron chi connectivity index (χ3n) is 1.93. The van der Waals surface area contributed by atoms with Gasteiger partial charge in [0.25, 0.3) is 0 Å². The van der Waals surface area contributed by atoms with Gasteiger partial charge in [0.1, 0.15) is 0 Å². The maximum atomic E-state index is 11.7. The minimum atomic E-state index is -2.22. The van der Waals surface area contributed by atoms with Gasteiger partial charge >= 0.3 is 11.9 Å². The van der Waals surface area contributed by atoms with Gasteiger partial charge < -0.3 is 10.2 Å². The highest BCUT2D eigenvalue weighted by atomic mass is 19.1. The van der Waals surface area contributed by atoms with Gasteiger partial charge in [0.15, 0.2) is 5.41 Å². The van der Waals surface area contributed by atoms with Crippen molar-refractivity contribution in [3.05, 3.63) is 24.8 Å². The Morgan fingerprint density at radius 3 is 1.53 bits per heavy atom. The number of hydrogen-bond acceptors (Lipinski definition) is 2. The summed E-state index contributed by atoms with van der Waals surface area (Å²) < 4.78 is 23.4. The SMILES string of the molecule is O=C(O)C(CC=CF)(CC=CF)C(=O)O. The third kappa shape index (κ3) is 3.16. The van der Waals surface area contributed by atoms with Crippen molar-refractivity contribution in [1.82, 2.24) is 0 Å². The molecule has 6 heteroatoms. The first-order chi connectivity index (χ1) is 7.01. The number of aliphatic carboxylic acids is 2. The van der Waals surface area contributed by atoms with E-state index in [1.54, 1.807) is 0 Å². The smallest absolute Gasteiger partial charge is 0.321 e. The number of carboxylic acid groups (broad SMARTS) is 2. The van der Waals surface area contributed by atoms with Crippen LogP contribution in [-0.2, 0) is 9.59 Å². The molecule has 0 saturated carbocycles. The van der Waals surface area contributed by atoms with Crippen LogP contribution in [0.4, 0.5) is 8.78 Å². The van der Waals surface area contributed by atoms with Crippen LogP contribution in [0.1, 0.15) is 12.8 Å². The highest BCUT2D eigenvalue weighted by molar-refractivity contribution is 5.98. The van der Waals surface area contributed by atoms with E-state index in [-0.39, 0.29) is 12.7 Å². The monoisotopic (exact) mass is 220 g/mol. The molecule has 0 spiro atoms. The molecule has 0 aliphatic carbocycles. The predicted molar refractivity (Wildman–Crippen MR) is 47.4 cm³/mol. The van der Waals surface area contributed by atoms with E-state index in [0.29, 0.717) is 0 Å². The molecular formula is C9H10F2O4. The average molecular weight is 220 g/mol. The summed E-state index contributed by atoms with van der Waals surface area (Å²) in [6, 6.07) is 0. The highest BCUT2D eigenvalue weighted by Crippen LogP contribution is 2.29. The van der Waals surface area contributed by atoms with Gasteiger partial charge in [-0.25, -0.2) is 8.78 Å². The molecule has 0 saturated heterocycles. The fourth-order valence-corrected chi connectivity index (χ4v) is 1.02. The number of carboxylic acids is 2. The summed E-state index contributed by atoms with van der Waals surface area (Å²) in [5, 5.41) is 17.5. The Bertz CT molecular complexity index is 266. The maximum absolute atomic E-state index is 11.7. The van der Waals surface area contributed by atoms with E-state index in [1.165, 1.54) is 0 Å². The molecule has 0 rings (SSSR count). The molecule has 0 aromatic rings. The molecular weight excluding hydrogens is 210 g/mol. The van der Waals surface area contributed by atoms with E-state index in [4.69, 9.17) is 10.2 Å². The van der Waals surface area contributed by atoms with Gasteiger partial charge in [-0.2, -0.15) is 0 Å². The van der Waals surface area contributed by atoms with E-state index in [0.717, 1.165) is 12.2 Å². The molecule has 0 heterocycles. The topological polar surface area (TPSA) is 74.6 Å². The van der Waals surface area contributed by atoms with Crippen molar-refractivity contribution in [3.8, 4) is 0 Å². The Morgan fingerprint density at radius 2 is 1.33 bits per heavy atom. The zero-order valence-corrected chi connectivity index (χ0v) is 7.69. The van der Waals surface area contributed by atoms with Gasteiger partial charge in [-0.05, 0) is 12.8 Å². The van der Waals surface area contributed by atoms with Crippen molar-refractivity contribution in [3.63, 3.8) is 0 Å². The molecule has 0 unspecified atom stereocenters. The molecule has 0 aromatic heterocycles. The molecule has 84 valence electrons. The first-order valence-electron chi connectivity index (χ1n) is 3.98. The summed E-state index contributed by atoms with van der Waals surface area (Å²) in [5.41, 5.74) is -2.22. The Kier molecular flexibility index (Phi) is 5.22. The molecule has 15 heavy (non-hydrogen) atoms. The lowest BCUT2D eigenvalue weighted by molar-refractivity contribution is -0.164. The van der Waals surface area contributed by atoms with Crippen LogP contribution in [-0.4, -0.2) is 22.2 Å². The first-order valence-corrected chi connectivity index (χ1v) is 3.98. The second-order valence-electron chi connectivity index (χ2n) is 2.82. The van der Waals surface area contributed by atoms with Crippen LogP contribution in [0.15, 0.2) is 24.8 Å². The molecule has 0 fully saturated rings. The lowest BCUT2D eigenvalue weighted by Gasteiger charge is -2.21. The Morgan fingerprint density at radius 1 is 1.00 bits per heavy atom. The predicted octanol–water partition coefficient (Wildman–Crippen LogP) is 1.89. The van der Waals surface area contributed by atoms with Crippen molar-refractivity contribution >= 4 is 11.9 Å². The zero-order valence-electron chi connectivity index (χ0n) is 7.69. The molecule has 0 bridgehead atoms. The summed E-state index contributed by atoms with van der Waals surface area (Å²) in [4.78, 5) is 21.6. The normalized spacial score (nSPS) is 12.4. The van der Waals surface area contributed by atoms with Crippen LogP contribution in [0.25, 0.3) is 0 Å². The van der Waals surface area contributed by atoms with Crippen molar-refractivity contribution in [2.45, 2.75) is 12.8 Å². The second kappa shape index (κ2) is 5.90. The summed E-state index contributed by atoms with van der Waals surface area (Å²) in [6.07, 6.45) is 0.569. The molecule has 2 N–H and O–H groups in total. The van der Waals surface area contributed by atoms with E-state index in [2.05, 4.69) is 0 Å². The summed E-state index contributed by atoms with van der Waals surface area (Å²) >= 11 is 0. The summed E-state index contributed by atoms with van der Waals surface area (Å²) in [6.45, 7) is 0. The third-order valence-corrected chi connectivity index (χ3v) is 1.93. The van der Waals surface area contributed by atoms with Gasteiger partial charge in [-0.1, -0.05) is 12.2 Å². The fraction of sp³-hybridized carbons (Fsp3) is 0.333. The molecule has 4 nitrogen and oxygen atoms in total. The standard InChI is InChI=1S/C9H10F2O4/c10-5-1-3-9(7(12)13,8(14)15)4-2-6-11/h1-2,5-6H,3-4H2,(H,12,13)(H,14,15). The average Bonchev–Trinajstić information content (AvgIpc) is 2.17. The van der Waals surface area contributed by atoms with E-state index in [1.807, 2.05) is 0 Å². The van der Waals surface area contributed by atoms with Gasteiger partial charge in [-0.3, -0.25) is 9.59 Å². The minimum Gasteiger partial charge on any atom is -0.480 e. The molecule has 0 aliphatic rings. The van der Waals surface area contributed by atoms with Crippen molar-refractivity contribution in [2.75, 3.05) is 0 Å². The second-order valence-corrected chi connectivity index (χ2v) is 2.82. The molecule has 0 atom stereocenters. The molecule has 0 aromatic carbocycles. The van der Waals surface area contributed by atoms with Gasteiger partial charge in [0, 0.05) is 0 Å². The first kappa shape index (κ1) is 13.3. The number of halogens is 2. The van der Waals surface area contributed by atoms with E-state index in [9.17, 15) is 18.4 Å². The molecule has 0 radical (unpaired) electrons. The molecule has 0 aliphatic heterocycles. The maximum Gasteiger partial charge on any atom is 0.321 e. The quantitative estimate of drug-likeness (QED) is 0.670. The van der Waals surface area contributed by atoms with Gasteiger partial charge in [0.2, 0.25) is 0 Å². The zero-order chi connectivity index (χ0) is 11.9. The van der Waals surface area contributed by atoms with Crippen LogP contribution in [0, 0.1) is 5.41 Å². The Hall–Kier alpha value is -1.72. The molecule has 0 amide bonds. The van der Waals surface area contributed by atoms with Crippen LogP contribution in [0.3, 0.4) is 0 Å². The summed E-state index contributed by atoms with van der Waals surface area (Å²) in [5.74, 6) is -3.27.